The highest BCUT2D eigenvalue weighted by Crippen LogP contribution is 2.24. The first-order valence-corrected chi connectivity index (χ1v) is 6.88. The van der Waals surface area contributed by atoms with Crippen LogP contribution in [-0.2, 0) is 0 Å². The quantitative estimate of drug-likeness (QED) is 0.449. The van der Waals surface area contributed by atoms with Crippen LogP contribution in [0.1, 0.15) is 12.0 Å². The van der Waals surface area contributed by atoms with Crippen molar-refractivity contribution in [2.45, 2.75) is 6.42 Å². The lowest BCUT2D eigenvalue weighted by Crippen LogP contribution is -2.20. The molecule has 0 radical (unpaired) electrons. The largest absolute Gasteiger partial charge is 0.373 e. The normalized spacial score (nSPS) is 9.83. The standard InChI is InChI=1S/C12H15N3O2S/c1-14(6-3-7-18-2)12-5-4-11(15(16)17)8-10(12)9-13/h4-5,8H,3,6-7H2,1-2H3. The van der Waals surface area contributed by atoms with Crippen molar-refractivity contribution in [1.82, 2.24) is 0 Å². The molecule has 0 aliphatic rings. The van der Waals surface area contributed by atoms with Crippen LogP contribution in [0, 0.1) is 21.4 Å². The average Bonchev–Trinajstić information content (AvgIpc) is 2.38. The van der Waals surface area contributed by atoms with Crippen molar-refractivity contribution >= 4 is 23.1 Å². The summed E-state index contributed by atoms with van der Waals surface area (Å²) in [5, 5.41) is 19.7. The van der Waals surface area contributed by atoms with Crippen molar-refractivity contribution in [3.63, 3.8) is 0 Å². The summed E-state index contributed by atoms with van der Waals surface area (Å²) in [6, 6.07) is 6.40. The summed E-state index contributed by atoms with van der Waals surface area (Å²) in [6.07, 6.45) is 3.06. The Morgan fingerprint density at radius 1 is 1.56 bits per heavy atom. The summed E-state index contributed by atoms with van der Waals surface area (Å²) in [5.41, 5.74) is 1.04. The number of hydrogen-bond donors (Lipinski definition) is 0. The third kappa shape index (κ3) is 3.64. The molecular formula is C12H15N3O2S. The second kappa shape index (κ2) is 6.87. The fraction of sp³-hybridized carbons (Fsp3) is 0.417. The van der Waals surface area contributed by atoms with Gasteiger partial charge in [0.1, 0.15) is 6.07 Å². The van der Waals surface area contributed by atoms with Crippen molar-refractivity contribution in [3.8, 4) is 6.07 Å². The number of nitro groups is 1. The molecule has 0 spiro atoms. The predicted octanol–water partition coefficient (Wildman–Crippen LogP) is 2.66. The zero-order valence-corrected chi connectivity index (χ0v) is 11.2. The molecule has 0 aliphatic heterocycles. The molecule has 0 amide bonds. The molecule has 18 heavy (non-hydrogen) atoms. The summed E-state index contributed by atoms with van der Waals surface area (Å²) in [4.78, 5) is 12.1. The fourth-order valence-electron chi connectivity index (χ4n) is 1.63. The van der Waals surface area contributed by atoms with E-state index in [1.807, 2.05) is 24.3 Å². The zero-order valence-electron chi connectivity index (χ0n) is 10.4. The minimum Gasteiger partial charge on any atom is -0.373 e. The van der Waals surface area contributed by atoms with Crippen molar-refractivity contribution in [2.75, 3.05) is 30.5 Å². The minimum atomic E-state index is -0.488. The van der Waals surface area contributed by atoms with Crippen molar-refractivity contribution in [1.29, 1.82) is 5.26 Å². The van der Waals surface area contributed by atoms with Crippen molar-refractivity contribution in [2.24, 2.45) is 0 Å². The molecule has 0 heterocycles. The third-order valence-electron chi connectivity index (χ3n) is 2.56. The van der Waals surface area contributed by atoms with Gasteiger partial charge in [-0.2, -0.15) is 17.0 Å². The average molecular weight is 265 g/mol. The van der Waals surface area contributed by atoms with E-state index < -0.39 is 4.92 Å². The van der Waals surface area contributed by atoms with E-state index in [1.54, 1.807) is 17.8 Å². The molecule has 0 fully saturated rings. The van der Waals surface area contributed by atoms with Gasteiger partial charge in [-0.15, -0.1) is 0 Å². The first-order chi connectivity index (χ1) is 8.60. The highest BCUT2D eigenvalue weighted by Gasteiger charge is 2.13. The van der Waals surface area contributed by atoms with Crippen LogP contribution in [0.3, 0.4) is 0 Å². The van der Waals surface area contributed by atoms with Crippen LogP contribution in [-0.4, -0.2) is 30.5 Å². The van der Waals surface area contributed by atoms with Gasteiger partial charge in [0.25, 0.3) is 5.69 Å². The van der Waals surface area contributed by atoms with Gasteiger partial charge in [0.15, 0.2) is 0 Å². The van der Waals surface area contributed by atoms with Gasteiger partial charge in [-0.3, -0.25) is 10.1 Å². The molecule has 96 valence electrons. The predicted molar refractivity (Wildman–Crippen MR) is 74.1 cm³/mol. The maximum Gasteiger partial charge on any atom is 0.270 e. The van der Waals surface area contributed by atoms with Crippen LogP contribution in [0.5, 0.6) is 0 Å². The number of hydrogen-bond acceptors (Lipinski definition) is 5. The van der Waals surface area contributed by atoms with E-state index in [0.29, 0.717) is 5.56 Å². The molecule has 1 rings (SSSR count). The van der Waals surface area contributed by atoms with Gasteiger partial charge in [0, 0.05) is 25.7 Å². The van der Waals surface area contributed by atoms with E-state index in [1.165, 1.54) is 12.1 Å². The first-order valence-electron chi connectivity index (χ1n) is 5.48. The molecule has 0 unspecified atom stereocenters. The maximum absolute atomic E-state index is 10.6. The second-order valence-corrected chi connectivity index (χ2v) is 4.82. The molecule has 1 aromatic rings. The smallest absolute Gasteiger partial charge is 0.270 e. The van der Waals surface area contributed by atoms with Gasteiger partial charge in [-0.25, -0.2) is 0 Å². The molecular weight excluding hydrogens is 250 g/mol. The Balaban J connectivity index is 2.88. The summed E-state index contributed by atoms with van der Waals surface area (Å²) in [5.74, 6) is 1.05. The van der Waals surface area contributed by atoms with Gasteiger partial charge in [-0.1, -0.05) is 0 Å². The Morgan fingerprint density at radius 3 is 2.83 bits per heavy atom. The molecule has 0 atom stereocenters. The van der Waals surface area contributed by atoms with Crippen molar-refractivity contribution < 1.29 is 4.92 Å². The third-order valence-corrected chi connectivity index (χ3v) is 3.26. The molecule has 0 aliphatic carbocycles. The zero-order chi connectivity index (χ0) is 13.5. The Labute approximate surface area is 111 Å². The summed E-state index contributed by atoms with van der Waals surface area (Å²) in [7, 11) is 1.89. The number of nitro benzene ring substituents is 1. The lowest BCUT2D eigenvalue weighted by Gasteiger charge is -2.20. The van der Waals surface area contributed by atoms with E-state index in [9.17, 15) is 10.1 Å². The topological polar surface area (TPSA) is 70.2 Å². The molecule has 0 N–H and O–H groups in total. The van der Waals surface area contributed by atoms with Crippen LogP contribution in [0.25, 0.3) is 0 Å². The van der Waals surface area contributed by atoms with Gasteiger partial charge >= 0.3 is 0 Å². The number of benzene rings is 1. The summed E-state index contributed by atoms with van der Waals surface area (Å²) >= 11 is 1.77. The monoisotopic (exact) mass is 265 g/mol. The number of rotatable bonds is 6. The van der Waals surface area contributed by atoms with Crippen molar-refractivity contribution in [3.05, 3.63) is 33.9 Å². The van der Waals surface area contributed by atoms with E-state index in [4.69, 9.17) is 5.26 Å². The maximum atomic E-state index is 10.6. The molecule has 0 aromatic heterocycles. The Kier molecular flexibility index (Phi) is 5.46. The molecule has 5 nitrogen and oxygen atoms in total. The molecule has 6 heteroatoms. The first kappa shape index (κ1) is 14.3. The summed E-state index contributed by atoms with van der Waals surface area (Å²) < 4.78 is 0. The highest BCUT2D eigenvalue weighted by molar-refractivity contribution is 7.98. The number of thioether (sulfide) groups is 1. The second-order valence-electron chi connectivity index (χ2n) is 3.84. The Bertz CT molecular complexity index is 471. The number of non-ortho nitro benzene ring substituents is 1. The van der Waals surface area contributed by atoms with Crippen LogP contribution < -0.4 is 4.90 Å². The molecule has 0 bridgehead atoms. The fourth-order valence-corrected chi connectivity index (χ4v) is 2.04. The van der Waals surface area contributed by atoms with E-state index in [0.717, 1.165) is 24.4 Å². The molecule has 1 aromatic carbocycles. The lowest BCUT2D eigenvalue weighted by molar-refractivity contribution is -0.384. The SMILES string of the molecule is CSCCCN(C)c1ccc([N+](=O)[O-])cc1C#N. The van der Waals surface area contributed by atoms with E-state index in [-0.39, 0.29) is 5.69 Å². The Morgan fingerprint density at radius 2 is 2.28 bits per heavy atom. The van der Waals surface area contributed by atoms with Crippen LogP contribution in [0.15, 0.2) is 18.2 Å². The minimum absolute atomic E-state index is 0.0483. The van der Waals surface area contributed by atoms with Gasteiger partial charge < -0.3 is 4.90 Å². The van der Waals surface area contributed by atoms with Crippen LogP contribution in [0.2, 0.25) is 0 Å². The Hall–Kier alpha value is -1.74. The number of nitriles is 1. The van der Waals surface area contributed by atoms with E-state index >= 15 is 0 Å². The van der Waals surface area contributed by atoms with Gasteiger partial charge in [-0.05, 0) is 24.5 Å². The molecule has 0 saturated carbocycles. The number of anilines is 1. The van der Waals surface area contributed by atoms with E-state index in [2.05, 4.69) is 0 Å². The van der Waals surface area contributed by atoms with Crippen LogP contribution in [0.4, 0.5) is 11.4 Å². The highest BCUT2D eigenvalue weighted by atomic mass is 32.2. The lowest BCUT2D eigenvalue weighted by atomic mass is 10.1. The van der Waals surface area contributed by atoms with Gasteiger partial charge in [0.2, 0.25) is 0 Å². The molecule has 0 saturated heterocycles. The summed E-state index contributed by atoms with van der Waals surface area (Å²) in [6.45, 7) is 0.827. The van der Waals surface area contributed by atoms with Crippen LogP contribution >= 0.6 is 11.8 Å². The number of nitrogens with zero attached hydrogens (tertiary/aromatic N) is 3. The van der Waals surface area contributed by atoms with Gasteiger partial charge in [0.05, 0.1) is 16.2 Å².